The van der Waals surface area contributed by atoms with Gasteiger partial charge in [0.25, 0.3) is 0 Å². The fourth-order valence-electron chi connectivity index (χ4n) is 2.69. The number of aliphatic hydroxyl groups is 1. The molecule has 1 aromatic carbocycles. The van der Waals surface area contributed by atoms with Crippen molar-refractivity contribution in [1.82, 2.24) is 4.90 Å². The van der Waals surface area contributed by atoms with Crippen LogP contribution in [0.5, 0.6) is 0 Å². The SMILES string of the molecule is CC1CCN(CCC(=O)c2ccc(Br)cc2)C1CO. The molecule has 1 aliphatic heterocycles. The zero-order valence-corrected chi connectivity index (χ0v) is 12.8. The van der Waals surface area contributed by atoms with Gasteiger partial charge in [-0.15, -0.1) is 0 Å². The molecule has 3 nitrogen and oxygen atoms in total. The van der Waals surface area contributed by atoms with Gasteiger partial charge in [-0.2, -0.15) is 0 Å². The van der Waals surface area contributed by atoms with E-state index < -0.39 is 0 Å². The van der Waals surface area contributed by atoms with Gasteiger partial charge < -0.3 is 5.11 Å². The van der Waals surface area contributed by atoms with Gasteiger partial charge in [-0.1, -0.05) is 35.0 Å². The molecule has 0 bridgehead atoms. The molecular formula is C15H20BrNO2. The molecule has 4 heteroatoms. The molecule has 1 saturated heterocycles. The van der Waals surface area contributed by atoms with Crippen LogP contribution >= 0.6 is 15.9 Å². The van der Waals surface area contributed by atoms with E-state index in [4.69, 9.17) is 0 Å². The number of hydrogen-bond acceptors (Lipinski definition) is 3. The van der Waals surface area contributed by atoms with Crippen LogP contribution in [0.3, 0.4) is 0 Å². The maximum Gasteiger partial charge on any atom is 0.164 e. The summed E-state index contributed by atoms with van der Waals surface area (Å²) in [6.45, 7) is 4.08. The smallest absolute Gasteiger partial charge is 0.164 e. The molecule has 0 aliphatic carbocycles. The molecule has 0 aromatic heterocycles. The van der Waals surface area contributed by atoms with E-state index in [0.29, 0.717) is 12.3 Å². The summed E-state index contributed by atoms with van der Waals surface area (Å²) < 4.78 is 0.984. The predicted octanol–water partition coefficient (Wildman–Crippen LogP) is 2.72. The Morgan fingerprint density at radius 2 is 2.11 bits per heavy atom. The monoisotopic (exact) mass is 325 g/mol. The number of Topliss-reactive ketones (excluding diaryl/α,β-unsaturated/α-hetero) is 1. The zero-order valence-electron chi connectivity index (χ0n) is 11.2. The van der Waals surface area contributed by atoms with E-state index in [9.17, 15) is 9.90 Å². The molecule has 1 aromatic rings. The Labute approximate surface area is 122 Å². The van der Waals surface area contributed by atoms with Gasteiger partial charge in [-0.25, -0.2) is 0 Å². The Morgan fingerprint density at radius 3 is 2.74 bits per heavy atom. The van der Waals surface area contributed by atoms with E-state index in [1.165, 1.54) is 0 Å². The topological polar surface area (TPSA) is 40.5 Å². The lowest BCUT2D eigenvalue weighted by Crippen LogP contribution is -2.36. The fourth-order valence-corrected chi connectivity index (χ4v) is 2.95. The van der Waals surface area contributed by atoms with Crippen molar-refractivity contribution in [2.24, 2.45) is 5.92 Å². The van der Waals surface area contributed by atoms with Crippen LogP contribution in [0.1, 0.15) is 30.1 Å². The van der Waals surface area contributed by atoms with Crippen LogP contribution in [0.25, 0.3) is 0 Å². The number of carbonyl (C=O) groups excluding carboxylic acids is 1. The highest BCUT2D eigenvalue weighted by Crippen LogP contribution is 2.23. The number of halogens is 1. The minimum Gasteiger partial charge on any atom is -0.395 e. The van der Waals surface area contributed by atoms with Crippen LogP contribution in [0, 0.1) is 5.92 Å². The van der Waals surface area contributed by atoms with Crippen molar-refractivity contribution < 1.29 is 9.90 Å². The van der Waals surface area contributed by atoms with Gasteiger partial charge >= 0.3 is 0 Å². The Bertz CT molecular complexity index is 432. The fraction of sp³-hybridized carbons (Fsp3) is 0.533. The number of nitrogens with zero attached hydrogens (tertiary/aromatic N) is 1. The van der Waals surface area contributed by atoms with E-state index in [0.717, 1.165) is 29.5 Å². The first-order valence-corrected chi connectivity index (χ1v) is 7.55. The summed E-state index contributed by atoms with van der Waals surface area (Å²) in [6, 6.07) is 7.70. The summed E-state index contributed by atoms with van der Waals surface area (Å²) in [5.74, 6) is 0.691. The molecule has 1 fully saturated rings. The second kappa shape index (κ2) is 6.64. The molecule has 19 heavy (non-hydrogen) atoms. The van der Waals surface area contributed by atoms with Crippen molar-refractivity contribution in [3.05, 3.63) is 34.3 Å². The highest BCUT2D eigenvalue weighted by molar-refractivity contribution is 9.10. The highest BCUT2D eigenvalue weighted by Gasteiger charge is 2.30. The number of hydrogen-bond donors (Lipinski definition) is 1. The lowest BCUT2D eigenvalue weighted by molar-refractivity contribution is 0.0934. The third-order valence-electron chi connectivity index (χ3n) is 3.98. The highest BCUT2D eigenvalue weighted by atomic mass is 79.9. The van der Waals surface area contributed by atoms with Crippen molar-refractivity contribution in [2.45, 2.75) is 25.8 Å². The maximum atomic E-state index is 12.1. The Balaban J connectivity index is 1.88. The number of ketones is 1. The number of likely N-dealkylation sites (tertiary alicyclic amines) is 1. The second-order valence-electron chi connectivity index (χ2n) is 5.23. The van der Waals surface area contributed by atoms with Gasteiger partial charge in [0.1, 0.15) is 0 Å². The van der Waals surface area contributed by atoms with Gasteiger partial charge in [0, 0.05) is 29.0 Å². The molecule has 0 spiro atoms. The van der Waals surface area contributed by atoms with Crippen molar-refractivity contribution in [3.8, 4) is 0 Å². The number of carbonyl (C=O) groups is 1. The lowest BCUT2D eigenvalue weighted by Gasteiger charge is -2.24. The lowest BCUT2D eigenvalue weighted by atomic mass is 10.0. The third kappa shape index (κ3) is 3.65. The number of benzene rings is 1. The van der Waals surface area contributed by atoms with Crippen molar-refractivity contribution in [2.75, 3.05) is 19.7 Å². The van der Waals surface area contributed by atoms with Crippen molar-refractivity contribution >= 4 is 21.7 Å². The Kier molecular flexibility index (Phi) is 5.13. The minimum absolute atomic E-state index is 0.170. The first-order chi connectivity index (χ1) is 9.11. The van der Waals surface area contributed by atoms with Crippen LogP contribution in [-0.4, -0.2) is 41.5 Å². The minimum atomic E-state index is 0.170. The van der Waals surface area contributed by atoms with Crippen molar-refractivity contribution in [3.63, 3.8) is 0 Å². The van der Waals surface area contributed by atoms with E-state index in [1.54, 1.807) is 0 Å². The molecule has 2 unspecified atom stereocenters. The van der Waals surface area contributed by atoms with Crippen molar-refractivity contribution in [1.29, 1.82) is 0 Å². The number of rotatable bonds is 5. The summed E-state index contributed by atoms with van der Waals surface area (Å²) in [7, 11) is 0. The average Bonchev–Trinajstić information content (AvgIpc) is 2.77. The van der Waals surface area contributed by atoms with Crippen LogP contribution < -0.4 is 0 Å². The first kappa shape index (κ1) is 14.7. The van der Waals surface area contributed by atoms with Gasteiger partial charge in [-0.05, 0) is 31.0 Å². The van der Waals surface area contributed by atoms with Gasteiger partial charge in [0.05, 0.1) is 6.61 Å². The Hall–Kier alpha value is -0.710. The molecule has 0 saturated carbocycles. The molecular weight excluding hydrogens is 306 g/mol. The molecule has 1 aliphatic rings. The average molecular weight is 326 g/mol. The van der Waals surface area contributed by atoms with Crippen LogP contribution in [0.4, 0.5) is 0 Å². The predicted molar refractivity (Wildman–Crippen MR) is 79.3 cm³/mol. The molecule has 1 heterocycles. The number of aliphatic hydroxyl groups excluding tert-OH is 1. The molecule has 2 rings (SSSR count). The normalized spacial score (nSPS) is 23.7. The molecule has 1 N–H and O–H groups in total. The molecule has 104 valence electrons. The van der Waals surface area contributed by atoms with Gasteiger partial charge in [0.2, 0.25) is 0 Å². The zero-order chi connectivity index (χ0) is 13.8. The summed E-state index contributed by atoms with van der Waals surface area (Å²) in [6.07, 6.45) is 1.63. The standard InChI is InChI=1S/C15H20BrNO2/c1-11-6-8-17(14(11)10-18)9-7-15(19)12-2-4-13(16)5-3-12/h2-5,11,14,18H,6-10H2,1H3. The molecule has 0 amide bonds. The summed E-state index contributed by atoms with van der Waals surface area (Å²) in [4.78, 5) is 14.3. The van der Waals surface area contributed by atoms with Gasteiger partial charge in [-0.3, -0.25) is 9.69 Å². The maximum absolute atomic E-state index is 12.1. The molecule has 0 radical (unpaired) electrons. The van der Waals surface area contributed by atoms with Crippen LogP contribution in [0.15, 0.2) is 28.7 Å². The second-order valence-corrected chi connectivity index (χ2v) is 6.15. The summed E-state index contributed by atoms with van der Waals surface area (Å²) in [5, 5.41) is 9.39. The quantitative estimate of drug-likeness (QED) is 0.846. The largest absolute Gasteiger partial charge is 0.395 e. The van der Waals surface area contributed by atoms with E-state index in [1.807, 2.05) is 24.3 Å². The van der Waals surface area contributed by atoms with Crippen LogP contribution in [0.2, 0.25) is 0 Å². The van der Waals surface area contributed by atoms with E-state index in [-0.39, 0.29) is 18.4 Å². The van der Waals surface area contributed by atoms with Crippen LogP contribution in [-0.2, 0) is 0 Å². The van der Waals surface area contributed by atoms with E-state index >= 15 is 0 Å². The van der Waals surface area contributed by atoms with Gasteiger partial charge in [0.15, 0.2) is 5.78 Å². The Morgan fingerprint density at radius 1 is 1.42 bits per heavy atom. The first-order valence-electron chi connectivity index (χ1n) is 6.75. The third-order valence-corrected chi connectivity index (χ3v) is 4.51. The summed E-state index contributed by atoms with van der Waals surface area (Å²) in [5.41, 5.74) is 0.760. The summed E-state index contributed by atoms with van der Waals surface area (Å²) >= 11 is 3.36. The molecule has 2 atom stereocenters. The van der Waals surface area contributed by atoms with E-state index in [2.05, 4.69) is 27.8 Å².